The summed E-state index contributed by atoms with van der Waals surface area (Å²) in [6, 6.07) is 5.08. The molecule has 1 heterocycles. The third-order valence-electron chi connectivity index (χ3n) is 2.21. The van der Waals surface area contributed by atoms with Gasteiger partial charge in [0.1, 0.15) is 12.2 Å². The predicted molar refractivity (Wildman–Crippen MR) is 66.6 cm³/mol. The lowest BCUT2D eigenvalue weighted by molar-refractivity contribution is -0.142. The number of hydrogen-bond acceptors (Lipinski definition) is 3. The molecule has 2 rings (SSSR count). The quantitative estimate of drug-likeness (QED) is 0.797. The van der Waals surface area contributed by atoms with Crippen LogP contribution in [0.3, 0.4) is 0 Å². The molecule has 0 aliphatic carbocycles. The van der Waals surface area contributed by atoms with Gasteiger partial charge in [0.2, 0.25) is 0 Å². The number of rotatable bonds is 3. The lowest BCUT2D eigenvalue weighted by atomic mass is 10.2. The maximum absolute atomic E-state index is 11.3. The number of hydrogen-bond donors (Lipinski definition) is 0. The molecule has 17 heavy (non-hydrogen) atoms. The molecule has 0 spiro atoms. The van der Waals surface area contributed by atoms with Crippen LogP contribution in [0.2, 0.25) is 10.0 Å². The van der Waals surface area contributed by atoms with E-state index in [0.29, 0.717) is 28.0 Å². The molecule has 0 aliphatic rings. The van der Waals surface area contributed by atoms with Crippen LogP contribution in [-0.4, -0.2) is 12.6 Å². The molecule has 3 nitrogen and oxygen atoms in total. The van der Waals surface area contributed by atoms with Crippen LogP contribution in [0.25, 0.3) is 11.0 Å². The van der Waals surface area contributed by atoms with Crippen molar-refractivity contribution in [3.8, 4) is 0 Å². The van der Waals surface area contributed by atoms with Crippen molar-refractivity contribution in [1.29, 1.82) is 0 Å². The summed E-state index contributed by atoms with van der Waals surface area (Å²) in [5.74, 6) is 0.191. The molecular weight excluding hydrogens is 263 g/mol. The average Bonchev–Trinajstić information content (AvgIpc) is 2.60. The SMILES string of the molecule is CCOC(=O)Cc1cc2cc(Cl)cc(Cl)c2o1. The zero-order valence-electron chi connectivity index (χ0n) is 9.13. The first kappa shape index (κ1) is 12.3. The van der Waals surface area contributed by atoms with Gasteiger partial charge in [-0.2, -0.15) is 0 Å². The van der Waals surface area contributed by atoms with Gasteiger partial charge in [-0.05, 0) is 25.1 Å². The third-order valence-corrected chi connectivity index (χ3v) is 2.71. The highest BCUT2D eigenvalue weighted by Gasteiger charge is 2.12. The van der Waals surface area contributed by atoms with Gasteiger partial charge in [0.05, 0.1) is 11.6 Å². The normalized spacial score (nSPS) is 10.8. The Hall–Kier alpha value is -1.19. The molecule has 1 aromatic carbocycles. The van der Waals surface area contributed by atoms with Crippen LogP contribution in [-0.2, 0) is 16.0 Å². The number of carbonyl (C=O) groups is 1. The Morgan fingerprint density at radius 3 is 2.82 bits per heavy atom. The molecule has 90 valence electrons. The number of furan rings is 1. The van der Waals surface area contributed by atoms with Crippen molar-refractivity contribution in [2.45, 2.75) is 13.3 Å². The summed E-state index contributed by atoms with van der Waals surface area (Å²) < 4.78 is 10.3. The van der Waals surface area contributed by atoms with Crippen LogP contribution in [0, 0.1) is 0 Å². The molecule has 0 bridgehead atoms. The first-order valence-corrected chi connectivity index (χ1v) is 5.89. The van der Waals surface area contributed by atoms with E-state index in [0.717, 1.165) is 5.39 Å². The van der Waals surface area contributed by atoms with E-state index in [1.807, 2.05) is 0 Å². The molecule has 0 radical (unpaired) electrons. The lowest BCUT2D eigenvalue weighted by Crippen LogP contribution is -2.06. The highest BCUT2D eigenvalue weighted by atomic mass is 35.5. The number of halogens is 2. The number of ether oxygens (including phenoxy) is 1. The molecule has 1 aromatic heterocycles. The second-order valence-corrected chi connectivity index (χ2v) is 4.34. The zero-order chi connectivity index (χ0) is 12.4. The second kappa shape index (κ2) is 4.98. The van der Waals surface area contributed by atoms with E-state index in [4.69, 9.17) is 32.4 Å². The minimum atomic E-state index is -0.325. The minimum Gasteiger partial charge on any atom is -0.466 e. The summed E-state index contributed by atoms with van der Waals surface area (Å²) >= 11 is 11.8. The molecule has 0 amide bonds. The van der Waals surface area contributed by atoms with Crippen molar-refractivity contribution in [3.05, 3.63) is 34.0 Å². The Balaban J connectivity index is 2.32. The van der Waals surface area contributed by atoms with E-state index in [1.54, 1.807) is 25.1 Å². The smallest absolute Gasteiger partial charge is 0.313 e. The maximum atomic E-state index is 11.3. The highest BCUT2D eigenvalue weighted by Crippen LogP contribution is 2.30. The summed E-state index contributed by atoms with van der Waals surface area (Å²) in [6.07, 6.45) is 0.0937. The van der Waals surface area contributed by atoms with Crippen molar-refractivity contribution < 1.29 is 13.9 Å². The number of fused-ring (bicyclic) bond motifs is 1. The summed E-state index contributed by atoms with van der Waals surface area (Å²) in [6.45, 7) is 2.11. The fourth-order valence-electron chi connectivity index (χ4n) is 1.57. The van der Waals surface area contributed by atoms with Gasteiger partial charge in [0, 0.05) is 10.4 Å². The van der Waals surface area contributed by atoms with Gasteiger partial charge < -0.3 is 9.15 Å². The summed E-state index contributed by atoms with van der Waals surface area (Å²) in [4.78, 5) is 11.3. The van der Waals surface area contributed by atoms with Gasteiger partial charge in [-0.3, -0.25) is 4.79 Å². The van der Waals surface area contributed by atoms with E-state index in [2.05, 4.69) is 0 Å². The minimum absolute atomic E-state index is 0.0937. The zero-order valence-corrected chi connectivity index (χ0v) is 10.6. The monoisotopic (exact) mass is 272 g/mol. The van der Waals surface area contributed by atoms with E-state index in [1.165, 1.54) is 0 Å². The second-order valence-electron chi connectivity index (χ2n) is 3.50. The van der Waals surface area contributed by atoms with Crippen LogP contribution in [0.4, 0.5) is 0 Å². The maximum Gasteiger partial charge on any atom is 0.313 e. The van der Waals surface area contributed by atoms with E-state index in [9.17, 15) is 4.79 Å². The molecule has 2 aromatic rings. The topological polar surface area (TPSA) is 39.4 Å². The molecular formula is C12H10Cl2O3. The van der Waals surface area contributed by atoms with E-state index >= 15 is 0 Å². The molecule has 0 N–H and O–H groups in total. The van der Waals surface area contributed by atoms with Crippen LogP contribution in [0.5, 0.6) is 0 Å². The van der Waals surface area contributed by atoms with E-state index in [-0.39, 0.29) is 12.4 Å². The molecule has 0 saturated carbocycles. The van der Waals surface area contributed by atoms with Crippen LogP contribution in [0.15, 0.2) is 22.6 Å². The fourth-order valence-corrected chi connectivity index (χ4v) is 2.12. The Kier molecular flexibility index (Phi) is 3.60. The van der Waals surface area contributed by atoms with Gasteiger partial charge in [-0.25, -0.2) is 0 Å². The predicted octanol–water partition coefficient (Wildman–Crippen LogP) is 3.85. The van der Waals surface area contributed by atoms with Crippen molar-refractivity contribution >= 4 is 40.1 Å². The summed E-state index contributed by atoms with van der Waals surface area (Å²) in [7, 11) is 0. The lowest BCUT2D eigenvalue weighted by Gasteiger charge is -1.97. The largest absolute Gasteiger partial charge is 0.466 e. The molecule has 0 unspecified atom stereocenters. The average molecular weight is 273 g/mol. The highest BCUT2D eigenvalue weighted by molar-refractivity contribution is 6.38. The molecule has 0 aliphatic heterocycles. The Morgan fingerprint density at radius 2 is 2.12 bits per heavy atom. The first-order valence-electron chi connectivity index (χ1n) is 5.13. The summed E-state index contributed by atoms with van der Waals surface area (Å²) in [5, 5.41) is 1.75. The molecule has 0 atom stereocenters. The Bertz CT molecular complexity index is 560. The van der Waals surface area contributed by atoms with Gasteiger partial charge in [0.25, 0.3) is 0 Å². The molecule has 5 heteroatoms. The number of carbonyl (C=O) groups excluding carboxylic acids is 1. The van der Waals surface area contributed by atoms with Crippen molar-refractivity contribution in [2.75, 3.05) is 6.61 Å². The van der Waals surface area contributed by atoms with Crippen molar-refractivity contribution in [2.24, 2.45) is 0 Å². The van der Waals surface area contributed by atoms with Crippen LogP contribution < -0.4 is 0 Å². The van der Waals surface area contributed by atoms with Crippen molar-refractivity contribution in [1.82, 2.24) is 0 Å². The van der Waals surface area contributed by atoms with Crippen molar-refractivity contribution in [3.63, 3.8) is 0 Å². The standard InChI is InChI=1S/C12H10Cl2O3/c1-2-16-11(15)6-9-4-7-3-8(13)5-10(14)12(7)17-9/h3-5H,2,6H2,1H3. The first-order chi connectivity index (χ1) is 8.10. The van der Waals surface area contributed by atoms with E-state index < -0.39 is 0 Å². The van der Waals surface area contributed by atoms with Gasteiger partial charge in [-0.1, -0.05) is 23.2 Å². The number of benzene rings is 1. The van der Waals surface area contributed by atoms with Gasteiger partial charge in [-0.15, -0.1) is 0 Å². The number of esters is 1. The fraction of sp³-hybridized carbons (Fsp3) is 0.250. The third kappa shape index (κ3) is 2.73. The molecule has 0 fully saturated rings. The van der Waals surface area contributed by atoms with Gasteiger partial charge >= 0.3 is 5.97 Å². The molecule has 0 saturated heterocycles. The van der Waals surface area contributed by atoms with Crippen LogP contribution in [0.1, 0.15) is 12.7 Å². The Labute approximate surface area is 108 Å². The Morgan fingerprint density at radius 1 is 1.35 bits per heavy atom. The summed E-state index contributed by atoms with van der Waals surface area (Å²) in [5.41, 5.74) is 0.537. The van der Waals surface area contributed by atoms with Crippen LogP contribution >= 0.6 is 23.2 Å². The van der Waals surface area contributed by atoms with Gasteiger partial charge in [0.15, 0.2) is 5.58 Å².